The first-order valence-electron chi connectivity index (χ1n) is 17.8. The standard InChI is InChI=1S/C43H43N5O7/c1-51-37-24-29(25-38(52-2)39(37)53-3)27-45-42(50)43(26-34-12-7-8-13-35(34)28-46-48-44)40(32-16-14-31(15-17-32)30-10-5-4-6-11-30)55-41(47-43)33-18-20-36(21-19-33)54-23-9-22-49/h4-8,10-21,24-25,40,49H,9,22-23,26-28H2,1-3H3,(H,45,50)/t40-,43-/m1/s1. The van der Waals surface area contributed by atoms with E-state index in [1.165, 1.54) is 21.3 Å². The Kier molecular flexibility index (Phi) is 12.5. The van der Waals surface area contributed by atoms with Crippen molar-refractivity contribution in [1.29, 1.82) is 0 Å². The zero-order chi connectivity index (χ0) is 38.6. The number of methoxy groups -OCH3 is 3. The Morgan fingerprint density at radius 2 is 1.49 bits per heavy atom. The van der Waals surface area contributed by atoms with Gasteiger partial charge in [0.25, 0.3) is 5.91 Å². The first kappa shape index (κ1) is 38.2. The molecule has 0 saturated heterocycles. The van der Waals surface area contributed by atoms with Crippen molar-refractivity contribution in [1.82, 2.24) is 5.32 Å². The number of nitrogens with one attached hydrogen (secondary N) is 1. The molecule has 0 bridgehead atoms. The van der Waals surface area contributed by atoms with Gasteiger partial charge in [0, 0.05) is 36.5 Å². The maximum Gasteiger partial charge on any atom is 0.252 e. The van der Waals surface area contributed by atoms with Crippen LogP contribution in [0.4, 0.5) is 0 Å². The quantitative estimate of drug-likeness (QED) is 0.0427. The fourth-order valence-electron chi connectivity index (χ4n) is 6.62. The second-order valence-corrected chi connectivity index (χ2v) is 12.8. The van der Waals surface area contributed by atoms with Gasteiger partial charge in [0.1, 0.15) is 5.75 Å². The fraction of sp³-hybridized carbons (Fsp3) is 0.256. The summed E-state index contributed by atoms with van der Waals surface area (Å²) in [6.07, 6.45) is -0.223. The number of ether oxygens (including phenoxy) is 5. The first-order chi connectivity index (χ1) is 26.9. The largest absolute Gasteiger partial charge is 0.494 e. The Bertz CT molecular complexity index is 2130. The van der Waals surface area contributed by atoms with Crippen LogP contribution < -0.4 is 24.3 Å². The smallest absolute Gasteiger partial charge is 0.252 e. The Hall–Kier alpha value is -6.49. The number of amides is 1. The van der Waals surface area contributed by atoms with Crippen molar-refractivity contribution in [3.05, 3.63) is 154 Å². The molecule has 1 heterocycles. The van der Waals surface area contributed by atoms with Gasteiger partial charge in [0.15, 0.2) is 23.1 Å². The summed E-state index contributed by atoms with van der Waals surface area (Å²) in [6, 6.07) is 36.4. The van der Waals surface area contributed by atoms with E-state index in [1.807, 2.05) is 103 Å². The lowest BCUT2D eigenvalue weighted by Gasteiger charge is -2.31. The van der Waals surface area contributed by atoms with E-state index in [-0.39, 0.29) is 37.9 Å². The van der Waals surface area contributed by atoms with Crippen LogP contribution in [0, 0.1) is 0 Å². The second kappa shape index (κ2) is 18.0. The molecule has 12 heteroatoms. The van der Waals surface area contributed by atoms with Crippen molar-refractivity contribution < 1.29 is 33.6 Å². The highest BCUT2D eigenvalue weighted by Gasteiger charge is 2.53. The van der Waals surface area contributed by atoms with Crippen LogP contribution in [0.5, 0.6) is 23.0 Å². The van der Waals surface area contributed by atoms with Crippen molar-refractivity contribution >= 4 is 11.8 Å². The SMILES string of the molecule is COc1cc(CNC(=O)[C@]2(Cc3ccccc3CN=[N+]=[N-])N=C(c3ccc(OCCCO)cc3)O[C@@H]2c2ccc(-c3ccccc3)cc2)cc(OC)c1OC. The fourth-order valence-corrected chi connectivity index (χ4v) is 6.62. The molecule has 1 aliphatic heterocycles. The molecule has 282 valence electrons. The van der Waals surface area contributed by atoms with Crippen LogP contribution in [0.3, 0.4) is 0 Å². The van der Waals surface area contributed by atoms with Gasteiger partial charge in [-0.25, -0.2) is 4.99 Å². The molecule has 0 radical (unpaired) electrons. The van der Waals surface area contributed by atoms with Gasteiger partial charge in [-0.2, -0.15) is 0 Å². The van der Waals surface area contributed by atoms with Crippen molar-refractivity contribution in [3.63, 3.8) is 0 Å². The number of carbonyl (C=O) groups excluding carboxylic acids is 1. The molecule has 5 aromatic rings. The van der Waals surface area contributed by atoms with Crippen LogP contribution in [0.25, 0.3) is 21.6 Å². The van der Waals surface area contributed by atoms with Gasteiger partial charge in [0.05, 0.1) is 34.5 Å². The summed E-state index contributed by atoms with van der Waals surface area (Å²) >= 11 is 0. The van der Waals surface area contributed by atoms with E-state index < -0.39 is 11.6 Å². The van der Waals surface area contributed by atoms with Gasteiger partial charge < -0.3 is 34.1 Å². The van der Waals surface area contributed by atoms with Gasteiger partial charge in [-0.3, -0.25) is 4.79 Å². The Morgan fingerprint density at radius 3 is 2.13 bits per heavy atom. The number of aliphatic hydroxyl groups excluding tert-OH is 1. The van der Waals surface area contributed by atoms with Crippen LogP contribution in [-0.2, 0) is 29.0 Å². The summed E-state index contributed by atoms with van der Waals surface area (Å²) in [5.74, 6) is 1.89. The van der Waals surface area contributed by atoms with Crippen LogP contribution in [0.15, 0.2) is 125 Å². The number of hydrogen-bond donors (Lipinski definition) is 2. The molecule has 0 unspecified atom stereocenters. The van der Waals surface area contributed by atoms with E-state index >= 15 is 4.79 Å². The van der Waals surface area contributed by atoms with Crippen LogP contribution in [0.1, 0.15) is 40.3 Å². The minimum Gasteiger partial charge on any atom is -0.494 e. The third kappa shape index (κ3) is 8.67. The third-order valence-corrected chi connectivity index (χ3v) is 9.41. The van der Waals surface area contributed by atoms with Crippen LogP contribution >= 0.6 is 0 Å². The van der Waals surface area contributed by atoms with E-state index in [0.29, 0.717) is 47.2 Å². The molecule has 12 nitrogen and oxygen atoms in total. The molecule has 6 rings (SSSR count). The Labute approximate surface area is 320 Å². The molecule has 0 aliphatic carbocycles. The molecule has 2 atom stereocenters. The molecule has 1 amide bonds. The van der Waals surface area contributed by atoms with E-state index in [4.69, 9.17) is 28.7 Å². The number of azide groups is 1. The predicted molar refractivity (Wildman–Crippen MR) is 210 cm³/mol. The van der Waals surface area contributed by atoms with Crippen molar-refractivity contribution in [2.24, 2.45) is 10.1 Å². The van der Waals surface area contributed by atoms with Crippen molar-refractivity contribution in [3.8, 4) is 34.1 Å². The molecule has 0 aromatic heterocycles. The minimum absolute atomic E-state index is 0.0339. The molecule has 0 spiro atoms. The summed E-state index contributed by atoms with van der Waals surface area (Å²) in [5, 5.41) is 16.2. The summed E-state index contributed by atoms with van der Waals surface area (Å²) in [7, 11) is 4.61. The Balaban J connectivity index is 1.45. The van der Waals surface area contributed by atoms with E-state index in [2.05, 4.69) is 15.3 Å². The molecule has 0 fully saturated rings. The van der Waals surface area contributed by atoms with E-state index in [0.717, 1.165) is 27.8 Å². The second-order valence-electron chi connectivity index (χ2n) is 12.8. The number of hydrogen-bond acceptors (Lipinski definition) is 9. The molecular formula is C43H43N5O7. The summed E-state index contributed by atoms with van der Waals surface area (Å²) in [6.45, 7) is 0.619. The van der Waals surface area contributed by atoms with Gasteiger partial charge in [0.2, 0.25) is 11.6 Å². The lowest BCUT2D eigenvalue weighted by Crippen LogP contribution is -2.49. The lowest BCUT2D eigenvalue weighted by atomic mass is 9.80. The van der Waals surface area contributed by atoms with Crippen molar-refractivity contribution in [2.75, 3.05) is 34.5 Å². The van der Waals surface area contributed by atoms with Crippen LogP contribution in [-0.4, -0.2) is 57.0 Å². The number of aliphatic imine (C=N–C) groups is 1. The van der Waals surface area contributed by atoms with E-state index in [1.54, 1.807) is 12.1 Å². The molecule has 1 aliphatic rings. The number of nitrogens with zero attached hydrogens (tertiary/aromatic N) is 4. The number of aliphatic hydroxyl groups is 1. The monoisotopic (exact) mass is 741 g/mol. The van der Waals surface area contributed by atoms with Gasteiger partial charge in [-0.1, -0.05) is 84.0 Å². The maximum absolute atomic E-state index is 15.0. The highest BCUT2D eigenvalue weighted by atomic mass is 16.5. The molecule has 5 aromatic carbocycles. The molecule has 2 N–H and O–H groups in total. The average Bonchev–Trinajstić information content (AvgIpc) is 3.63. The average molecular weight is 742 g/mol. The highest BCUT2D eigenvalue weighted by Crippen LogP contribution is 2.44. The highest BCUT2D eigenvalue weighted by molar-refractivity contribution is 6.01. The van der Waals surface area contributed by atoms with Gasteiger partial charge in [-0.05, 0) is 75.3 Å². The topological polar surface area (TPSA) is 157 Å². The van der Waals surface area contributed by atoms with Crippen LogP contribution in [0.2, 0.25) is 0 Å². The summed E-state index contributed by atoms with van der Waals surface area (Å²) < 4.78 is 29.2. The Morgan fingerprint density at radius 1 is 0.855 bits per heavy atom. The first-order valence-corrected chi connectivity index (χ1v) is 17.8. The normalized spacial score (nSPS) is 15.9. The lowest BCUT2D eigenvalue weighted by molar-refractivity contribution is -0.129. The van der Waals surface area contributed by atoms with E-state index in [9.17, 15) is 10.6 Å². The zero-order valence-electron chi connectivity index (χ0n) is 31.0. The number of benzene rings is 5. The van der Waals surface area contributed by atoms with Gasteiger partial charge >= 0.3 is 0 Å². The molecule has 0 saturated carbocycles. The number of rotatable bonds is 17. The third-order valence-electron chi connectivity index (χ3n) is 9.41. The minimum atomic E-state index is -1.52. The zero-order valence-corrected chi connectivity index (χ0v) is 31.0. The number of carbonyl (C=O) groups is 1. The molecule has 55 heavy (non-hydrogen) atoms. The van der Waals surface area contributed by atoms with Crippen molar-refractivity contribution in [2.45, 2.75) is 37.6 Å². The predicted octanol–water partition coefficient (Wildman–Crippen LogP) is 7.77. The van der Waals surface area contributed by atoms with Gasteiger partial charge in [-0.15, -0.1) is 0 Å². The maximum atomic E-state index is 15.0. The summed E-state index contributed by atoms with van der Waals surface area (Å²) in [4.78, 5) is 23.2. The molecular weight excluding hydrogens is 699 g/mol. The summed E-state index contributed by atoms with van der Waals surface area (Å²) in [5.41, 5.74) is 13.4.